The Hall–Kier alpha value is -2.87. The SMILES string of the molecule is COc1ccc(-c2cnn(C)c2)c2c1CC(NC(=O)N1CC[C@]3(CCOC3)C1)=N2. The molecule has 1 spiro atoms. The zero-order valence-corrected chi connectivity index (χ0v) is 16.8. The first-order valence-electron chi connectivity index (χ1n) is 9.97. The van der Waals surface area contributed by atoms with Crippen LogP contribution in [0.1, 0.15) is 18.4 Å². The van der Waals surface area contributed by atoms with Crippen molar-refractivity contribution in [2.24, 2.45) is 17.5 Å². The van der Waals surface area contributed by atoms with Crippen molar-refractivity contribution >= 4 is 17.6 Å². The van der Waals surface area contributed by atoms with Crippen LogP contribution < -0.4 is 10.1 Å². The van der Waals surface area contributed by atoms with Gasteiger partial charge in [0, 0.05) is 61.5 Å². The van der Waals surface area contributed by atoms with Gasteiger partial charge in [0.1, 0.15) is 11.6 Å². The lowest BCUT2D eigenvalue weighted by atomic mass is 9.87. The maximum atomic E-state index is 12.9. The molecular formula is C21H25N5O3. The summed E-state index contributed by atoms with van der Waals surface area (Å²) in [5.74, 6) is 1.44. The van der Waals surface area contributed by atoms with Gasteiger partial charge in [-0.25, -0.2) is 9.79 Å². The minimum atomic E-state index is -0.0813. The van der Waals surface area contributed by atoms with Crippen LogP contribution >= 0.6 is 0 Å². The van der Waals surface area contributed by atoms with E-state index in [4.69, 9.17) is 14.5 Å². The van der Waals surface area contributed by atoms with E-state index in [9.17, 15) is 4.79 Å². The summed E-state index contributed by atoms with van der Waals surface area (Å²) in [5.41, 5.74) is 3.96. The molecule has 1 aromatic carbocycles. The molecule has 3 aliphatic heterocycles. The highest BCUT2D eigenvalue weighted by Gasteiger charge is 2.43. The van der Waals surface area contributed by atoms with Gasteiger partial charge in [-0.05, 0) is 25.0 Å². The molecule has 2 saturated heterocycles. The van der Waals surface area contributed by atoms with Gasteiger partial charge in [-0.2, -0.15) is 5.10 Å². The van der Waals surface area contributed by atoms with Crippen LogP contribution in [0.5, 0.6) is 5.75 Å². The monoisotopic (exact) mass is 395 g/mol. The number of rotatable bonds is 2. The van der Waals surface area contributed by atoms with Crippen LogP contribution in [0.4, 0.5) is 10.5 Å². The van der Waals surface area contributed by atoms with Crippen LogP contribution in [0.2, 0.25) is 0 Å². The average Bonchev–Trinajstić information content (AvgIpc) is 3.49. The first-order chi connectivity index (χ1) is 14.1. The highest BCUT2D eigenvalue weighted by Crippen LogP contribution is 2.42. The van der Waals surface area contributed by atoms with E-state index in [2.05, 4.69) is 10.4 Å². The van der Waals surface area contributed by atoms with Crippen LogP contribution in [0.3, 0.4) is 0 Å². The molecule has 2 fully saturated rings. The molecule has 29 heavy (non-hydrogen) atoms. The van der Waals surface area contributed by atoms with Crippen LogP contribution in [0, 0.1) is 5.41 Å². The lowest BCUT2D eigenvalue weighted by molar-refractivity contribution is 0.153. The van der Waals surface area contributed by atoms with E-state index in [1.807, 2.05) is 36.5 Å². The number of amides is 2. The van der Waals surface area contributed by atoms with Gasteiger partial charge in [-0.1, -0.05) is 0 Å². The van der Waals surface area contributed by atoms with Gasteiger partial charge < -0.3 is 14.4 Å². The number of urea groups is 1. The lowest BCUT2D eigenvalue weighted by Crippen LogP contribution is -2.42. The van der Waals surface area contributed by atoms with Crippen molar-refractivity contribution in [2.75, 3.05) is 33.4 Å². The number of aliphatic imine (C=N–C) groups is 1. The Morgan fingerprint density at radius 2 is 2.24 bits per heavy atom. The number of likely N-dealkylation sites (tertiary alicyclic amines) is 1. The molecule has 1 aromatic heterocycles. The summed E-state index contributed by atoms with van der Waals surface area (Å²) < 4.78 is 12.9. The van der Waals surface area contributed by atoms with Gasteiger partial charge in [-0.15, -0.1) is 0 Å². The molecule has 0 radical (unpaired) electrons. The Morgan fingerprint density at radius 3 is 2.97 bits per heavy atom. The average molecular weight is 395 g/mol. The molecule has 3 aliphatic rings. The highest BCUT2D eigenvalue weighted by atomic mass is 16.5. The second-order valence-corrected chi connectivity index (χ2v) is 8.18. The number of hydrogen-bond acceptors (Lipinski definition) is 5. The second kappa shape index (κ2) is 6.88. The zero-order chi connectivity index (χ0) is 20.0. The minimum Gasteiger partial charge on any atom is -0.496 e. The van der Waals surface area contributed by atoms with Gasteiger partial charge in [0.2, 0.25) is 0 Å². The summed E-state index contributed by atoms with van der Waals surface area (Å²) in [5, 5.41) is 7.30. The molecular weight excluding hydrogens is 370 g/mol. The molecule has 2 amide bonds. The number of carbonyl (C=O) groups is 1. The van der Waals surface area contributed by atoms with Crippen molar-refractivity contribution in [1.29, 1.82) is 0 Å². The molecule has 4 heterocycles. The number of hydrogen-bond donors (Lipinski definition) is 1. The van der Waals surface area contributed by atoms with Crippen molar-refractivity contribution in [3.8, 4) is 16.9 Å². The molecule has 0 saturated carbocycles. The van der Waals surface area contributed by atoms with Gasteiger partial charge >= 0.3 is 6.03 Å². The number of amidine groups is 1. The number of fused-ring (bicyclic) bond motifs is 1. The van der Waals surface area contributed by atoms with Gasteiger partial charge in [0.15, 0.2) is 0 Å². The molecule has 1 N–H and O–H groups in total. The van der Waals surface area contributed by atoms with Gasteiger partial charge in [0.25, 0.3) is 0 Å². The van der Waals surface area contributed by atoms with Crippen LogP contribution in [-0.2, 0) is 18.2 Å². The molecule has 0 unspecified atom stereocenters. The number of nitrogens with zero attached hydrogens (tertiary/aromatic N) is 4. The van der Waals surface area contributed by atoms with E-state index in [-0.39, 0.29) is 11.4 Å². The first-order valence-corrected chi connectivity index (χ1v) is 9.97. The standard InChI is InChI=1S/C21H25N5O3/c1-25-11-14(10-22-25)15-3-4-17(28-2)16-9-18(23-19(15)16)24-20(27)26-7-5-21(12-26)6-8-29-13-21/h3-4,10-11H,5-9,12-13H2,1-2H3,(H,23,24,27)/t21-/m0/s1. The molecule has 0 bridgehead atoms. The van der Waals surface area contributed by atoms with Crippen LogP contribution in [0.15, 0.2) is 29.5 Å². The molecule has 1 atom stereocenters. The Labute approximate surface area is 169 Å². The molecule has 8 heteroatoms. The number of aryl methyl sites for hydroxylation is 1. The largest absolute Gasteiger partial charge is 0.496 e. The number of benzene rings is 1. The summed E-state index contributed by atoms with van der Waals surface area (Å²) in [7, 11) is 3.55. The summed E-state index contributed by atoms with van der Waals surface area (Å²) >= 11 is 0. The summed E-state index contributed by atoms with van der Waals surface area (Å²) in [6, 6.07) is 3.86. The summed E-state index contributed by atoms with van der Waals surface area (Å²) in [6.07, 6.45) is 6.37. The van der Waals surface area contributed by atoms with Crippen LogP contribution in [-0.4, -0.2) is 60.0 Å². The first kappa shape index (κ1) is 18.2. The fourth-order valence-corrected chi connectivity index (χ4v) is 4.60. The zero-order valence-electron chi connectivity index (χ0n) is 16.8. The highest BCUT2D eigenvalue weighted by molar-refractivity contribution is 6.04. The Bertz CT molecular complexity index is 990. The summed E-state index contributed by atoms with van der Waals surface area (Å²) in [4.78, 5) is 19.5. The van der Waals surface area contributed by atoms with E-state index in [0.717, 1.165) is 67.3 Å². The molecule has 152 valence electrons. The minimum absolute atomic E-state index is 0.0813. The fraction of sp³-hybridized carbons (Fsp3) is 0.476. The second-order valence-electron chi connectivity index (χ2n) is 8.18. The quantitative estimate of drug-likeness (QED) is 0.847. The topological polar surface area (TPSA) is 81.0 Å². The van der Waals surface area contributed by atoms with E-state index in [1.165, 1.54) is 0 Å². The summed E-state index contributed by atoms with van der Waals surface area (Å²) in [6.45, 7) is 3.08. The third-order valence-electron chi connectivity index (χ3n) is 6.23. The van der Waals surface area contributed by atoms with Crippen molar-refractivity contribution in [2.45, 2.75) is 19.3 Å². The maximum Gasteiger partial charge on any atom is 0.322 e. The van der Waals surface area contributed by atoms with E-state index in [1.54, 1.807) is 11.8 Å². The van der Waals surface area contributed by atoms with E-state index >= 15 is 0 Å². The Kier molecular flexibility index (Phi) is 4.31. The van der Waals surface area contributed by atoms with Gasteiger partial charge in [0.05, 0.1) is 25.6 Å². The Balaban J connectivity index is 1.37. The number of nitrogens with one attached hydrogen (secondary N) is 1. The van der Waals surface area contributed by atoms with Gasteiger partial charge in [-0.3, -0.25) is 10.00 Å². The molecule has 0 aliphatic carbocycles. The number of carbonyl (C=O) groups excluding carboxylic acids is 1. The third-order valence-corrected chi connectivity index (χ3v) is 6.23. The Morgan fingerprint density at radius 1 is 1.34 bits per heavy atom. The predicted octanol–water partition coefficient (Wildman–Crippen LogP) is 2.50. The van der Waals surface area contributed by atoms with Crippen molar-refractivity contribution in [1.82, 2.24) is 20.0 Å². The third kappa shape index (κ3) is 3.17. The maximum absolute atomic E-state index is 12.9. The predicted molar refractivity (Wildman–Crippen MR) is 109 cm³/mol. The fourth-order valence-electron chi connectivity index (χ4n) is 4.60. The van der Waals surface area contributed by atoms with Crippen molar-refractivity contribution < 1.29 is 14.3 Å². The molecule has 8 nitrogen and oxygen atoms in total. The number of aromatic nitrogens is 2. The number of methoxy groups -OCH3 is 1. The van der Waals surface area contributed by atoms with E-state index in [0.29, 0.717) is 12.3 Å². The number of ether oxygens (including phenoxy) is 2. The van der Waals surface area contributed by atoms with Crippen molar-refractivity contribution in [3.05, 3.63) is 30.1 Å². The lowest BCUT2D eigenvalue weighted by Gasteiger charge is -2.22. The smallest absolute Gasteiger partial charge is 0.322 e. The van der Waals surface area contributed by atoms with Crippen molar-refractivity contribution in [3.63, 3.8) is 0 Å². The van der Waals surface area contributed by atoms with Crippen LogP contribution in [0.25, 0.3) is 11.1 Å². The normalized spacial score (nSPS) is 22.8. The van der Waals surface area contributed by atoms with E-state index < -0.39 is 0 Å². The molecule has 2 aromatic rings. The molecule has 5 rings (SSSR count).